The first-order valence-electron chi connectivity index (χ1n) is 9.66. The number of nitrogens with zero attached hydrogens (tertiary/aromatic N) is 2. The van der Waals surface area contributed by atoms with E-state index in [1.165, 1.54) is 6.07 Å². The zero-order valence-corrected chi connectivity index (χ0v) is 17.5. The van der Waals surface area contributed by atoms with Gasteiger partial charge in [-0.25, -0.2) is 4.98 Å². The van der Waals surface area contributed by atoms with Gasteiger partial charge in [0.05, 0.1) is 22.8 Å². The summed E-state index contributed by atoms with van der Waals surface area (Å²) in [7, 11) is 0. The second-order valence-electron chi connectivity index (χ2n) is 6.90. The van der Waals surface area contributed by atoms with Crippen molar-refractivity contribution in [1.29, 1.82) is 0 Å². The van der Waals surface area contributed by atoms with Gasteiger partial charge in [-0.2, -0.15) is 0 Å². The lowest BCUT2D eigenvalue weighted by Gasteiger charge is -2.21. The summed E-state index contributed by atoms with van der Waals surface area (Å²) in [4.78, 5) is 17.3. The molecule has 0 fully saturated rings. The van der Waals surface area contributed by atoms with Gasteiger partial charge in [0.25, 0.3) is 0 Å². The van der Waals surface area contributed by atoms with Crippen molar-refractivity contribution in [3.63, 3.8) is 0 Å². The average Bonchev–Trinajstić information content (AvgIpc) is 2.71. The molecule has 0 saturated carbocycles. The Hall–Kier alpha value is -2.41. The summed E-state index contributed by atoms with van der Waals surface area (Å²) >= 11 is 6.58. The Morgan fingerprint density at radius 2 is 2.00 bits per heavy atom. The molecule has 7 heteroatoms. The number of halogens is 1. The van der Waals surface area contributed by atoms with Crippen LogP contribution in [0.25, 0.3) is 16.6 Å². The predicted molar refractivity (Wildman–Crippen MR) is 114 cm³/mol. The van der Waals surface area contributed by atoms with Crippen molar-refractivity contribution in [3.8, 4) is 11.6 Å². The number of para-hydroxylation sites is 1. The summed E-state index contributed by atoms with van der Waals surface area (Å²) in [5.41, 5.74) is 3.81. The fourth-order valence-corrected chi connectivity index (χ4v) is 3.67. The SMILES string of the molecule is CCc1cc2c(c(OCC(O)CO)n1)c(=O)cc(C)n2-c1c(Cl)cccc1CC. The standard InChI is InChI=1S/C22H25ClN2O4/c1-4-14-7-6-8-17(23)21(14)25-13(3)9-19(28)20-18(25)10-15(5-2)24-22(20)29-12-16(27)11-26/h6-10,16,26-27H,4-5,11-12H2,1-3H3. The van der Waals surface area contributed by atoms with E-state index >= 15 is 0 Å². The number of benzene rings is 1. The van der Waals surface area contributed by atoms with Crippen LogP contribution < -0.4 is 10.2 Å². The van der Waals surface area contributed by atoms with Gasteiger partial charge in [-0.1, -0.05) is 37.6 Å². The number of hydrogen-bond acceptors (Lipinski definition) is 5. The molecule has 2 aromatic heterocycles. The lowest BCUT2D eigenvalue weighted by molar-refractivity contribution is 0.0526. The first-order valence-corrected chi connectivity index (χ1v) is 10.0. The Morgan fingerprint density at radius 3 is 2.66 bits per heavy atom. The Balaban J connectivity index is 2.37. The van der Waals surface area contributed by atoms with Gasteiger partial charge < -0.3 is 19.5 Å². The molecule has 0 saturated heterocycles. The molecule has 1 atom stereocenters. The summed E-state index contributed by atoms with van der Waals surface area (Å²) < 4.78 is 7.61. The quantitative estimate of drug-likeness (QED) is 0.617. The molecular formula is C22H25ClN2O4. The van der Waals surface area contributed by atoms with E-state index in [0.717, 1.165) is 29.1 Å². The zero-order valence-electron chi connectivity index (χ0n) is 16.8. The molecule has 29 heavy (non-hydrogen) atoms. The van der Waals surface area contributed by atoms with Crippen LogP contribution in [0.1, 0.15) is 30.8 Å². The topological polar surface area (TPSA) is 84.6 Å². The van der Waals surface area contributed by atoms with Crippen LogP contribution in [0.15, 0.2) is 35.1 Å². The minimum Gasteiger partial charge on any atom is -0.474 e. The van der Waals surface area contributed by atoms with Crippen LogP contribution in [0.2, 0.25) is 5.02 Å². The molecule has 3 rings (SSSR count). The molecule has 3 aromatic rings. The maximum absolute atomic E-state index is 12.9. The number of ether oxygens (including phenoxy) is 1. The highest BCUT2D eigenvalue weighted by atomic mass is 35.5. The number of aliphatic hydroxyl groups is 2. The highest BCUT2D eigenvalue weighted by Crippen LogP contribution is 2.31. The van der Waals surface area contributed by atoms with Crippen molar-refractivity contribution in [2.24, 2.45) is 0 Å². The molecule has 0 amide bonds. The van der Waals surface area contributed by atoms with Gasteiger partial charge in [0.15, 0.2) is 5.43 Å². The lowest BCUT2D eigenvalue weighted by atomic mass is 10.1. The molecule has 0 radical (unpaired) electrons. The van der Waals surface area contributed by atoms with Gasteiger partial charge in [0.1, 0.15) is 18.1 Å². The third-order valence-electron chi connectivity index (χ3n) is 4.86. The number of aromatic nitrogens is 2. The summed E-state index contributed by atoms with van der Waals surface area (Å²) in [5.74, 6) is 0.149. The summed E-state index contributed by atoms with van der Waals surface area (Å²) in [6, 6.07) is 9.17. The molecule has 154 valence electrons. The van der Waals surface area contributed by atoms with Crippen LogP contribution >= 0.6 is 11.6 Å². The van der Waals surface area contributed by atoms with Crippen LogP contribution in [-0.2, 0) is 12.8 Å². The molecule has 1 aromatic carbocycles. The zero-order chi connectivity index (χ0) is 21.1. The summed E-state index contributed by atoms with van der Waals surface area (Å²) in [6.45, 7) is 5.29. The van der Waals surface area contributed by atoms with E-state index < -0.39 is 12.7 Å². The Labute approximate surface area is 174 Å². The van der Waals surface area contributed by atoms with Crippen LogP contribution in [-0.4, -0.2) is 39.1 Å². The van der Waals surface area contributed by atoms with Crippen LogP contribution in [0.4, 0.5) is 0 Å². The first-order chi connectivity index (χ1) is 13.9. The fraction of sp³-hybridized carbons (Fsp3) is 0.364. The number of hydrogen-bond donors (Lipinski definition) is 2. The van der Waals surface area contributed by atoms with Crippen LogP contribution in [0, 0.1) is 6.92 Å². The number of aliphatic hydroxyl groups excluding tert-OH is 2. The normalized spacial score (nSPS) is 12.3. The van der Waals surface area contributed by atoms with Gasteiger partial charge in [-0.15, -0.1) is 0 Å². The highest BCUT2D eigenvalue weighted by Gasteiger charge is 2.19. The second-order valence-corrected chi connectivity index (χ2v) is 7.31. The Bertz CT molecular complexity index is 1090. The maximum Gasteiger partial charge on any atom is 0.227 e. The van der Waals surface area contributed by atoms with Crippen molar-refractivity contribution in [2.45, 2.75) is 39.7 Å². The second kappa shape index (κ2) is 8.95. The number of rotatable bonds is 7. The van der Waals surface area contributed by atoms with Crippen LogP contribution in [0.3, 0.4) is 0 Å². The van der Waals surface area contributed by atoms with Gasteiger partial charge in [0, 0.05) is 17.5 Å². The highest BCUT2D eigenvalue weighted by molar-refractivity contribution is 6.32. The van der Waals surface area contributed by atoms with Gasteiger partial charge >= 0.3 is 0 Å². The van der Waals surface area contributed by atoms with E-state index in [-0.39, 0.29) is 17.9 Å². The monoisotopic (exact) mass is 416 g/mol. The van der Waals surface area contributed by atoms with E-state index in [1.54, 1.807) is 0 Å². The molecule has 2 N–H and O–H groups in total. The summed E-state index contributed by atoms with van der Waals surface area (Å²) in [5, 5.41) is 19.6. The minimum absolute atomic E-state index is 0.149. The van der Waals surface area contributed by atoms with Crippen molar-refractivity contribution in [3.05, 3.63) is 62.5 Å². The molecule has 0 bridgehead atoms. The molecule has 1 unspecified atom stereocenters. The molecule has 2 heterocycles. The van der Waals surface area contributed by atoms with Gasteiger partial charge in [-0.05, 0) is 37.5 Å². The largest absolute Gasteiger partial charge is 0.474 e. The third kappa shape index (κ3) is 4.15. The van der Waals surface area contributed by atoms with E-state index in [2.05, 4.69) is 11.9 Å². The number of fused-ring (bicyclic) bond motifs is 1. The van der Waals surface area contributed by atoms with E-state index in [1.807, 2.05) is 42.7 Å². The Morgan fingerprint density at radius 1 is 1.24 bits per heavy atom. The van der Waals surface area contributed by atoms with Gasteiger partial charge in [-0.3, -0.25) is 4.79 Å². The number of aryl methyl sites for hydroxylation is 3. The fourth-order valence-electron chi connectivity index (χ4n) is 3.39. The Kier molecular flexibility index (Phi) is 6.57. The van der Waals surface area contributed by atoms with E-state index in [4.69, 9.17) is 21.4 Å². The van der Waals surface area contributed by atoms with Gasteiger partial charge in [0.2, 0.25) is 5.88 Å². The average molecular weight is 417 g/mol. The smallest absolute Gasteiger partial charge is 0.227 e. The summed E-state index contributed by atoms with van der Waals surface area (Å²) in [6.07, 6.45) is 0.362. The predicted octanol–water partition coefficient (Wildman–Crippen LogP) is 3.20. The first kappa shape index (κ1) is 21.3. The molecule has 0 aliphatic carbocycles. The van der Waals surface area contributed by atoms with Crippen LogP contribution in [0.5, 0.6) is 5.88 Å². The molecule has 0 aliphatic heterocycles. The third-order valence-corrected chi connectivity index (χ3v) is 5.16. The van der Waals surface area contributed by atoms with E-state index in [0.29, 0.717) is 22.3 Å². The molecule has 0 spiro atoms. The van der Waals surface area contributed by atoms with E-state index in [9.17, 15) is 9.90 Å². The van der Waals surface area contributed by atoms with Crippen molar-refractivity contribution in [2.75, 3.05) is 13.2 Å². The number of pyridine rings is 2. The molecular weight excluding hydrogens is 392 g/mol. The van der Waals surface area contributed by atoms with Crippen molar-refractivity contribution in [1.82, 2.24) is 9.55 Å². The maximum atomic E-state index is 12.9. The molecule has 6 nitrogen and oxygen atoms in total. The van der Waals surface area contributed by atoms with Crippen molar-refractivity contribution >= 4 is 22.5 Å². The van der Waals surface area contributed by atoms with Crippen molar-refractivity contribution < 1.29 is 14.9 Å². The molecule has 0 aliphatic rings. The minimum atomic E-state index is -1.06. The lowest BCUT2D eigenvalue weighted by Crippen LogP contribution is -2.23.